The number of carbonyl (C=O) groups excluding carboxylic acids is 1. The van der Waals surface area contributed by atoms with Crippen molar-refractivity contribution in [3.8, 4) is 5.75 Å². The molecule has 1 unspecified atom stereocenters. The second kappa shape index (κ2) is 22.4. The number of aliphatic hydroxyl groups excluding tert-OH is 3. The highest BCUT2D eigenvalue weighted by molar-refractivity contribution is 7.79. The lowest BCUT2D eigenvalue weighted by molar-refractivity contribution is -0.310. The van der Waals surface area contributed by atoms with Gasteiger partial charge in [-0.2, -0.15) is 0 Å². The van der Waals surface area contributed by atoms with Crippen molar-refractivity contribution in [2.75, 3.05) is 34.8 Å². The fourth-order valence-corrected chi connectivity index (χ4v) is 9.84. The zero-order chi connectivity index (χ0) is 46.4. The Kier molecular flexibility index (Phi) is 19.0. The van der Waals surface area contributed by atoms with Gasteiger partial charge in [-0.25, -0.2) is 0 Å². The van der Waals surface area contributed by atoms with Gasteiger partial charge in [0.2, 0.25) is 0 Å². The third kappa shape index (κ3) is 12.6. The van der Waals surface area contributed by atoms with Gasteiger partial charge in [0.25, 0.3) is 0 Å². The average molecular weight is 899 g/mol. The molecule has 0 aromatic heterocycles. The topological polar surface area (TPSA) is 178 Å². The van der Waals surface area contributed by atoms with E-state index in [4.69, 9.17) is 50.1 Å². The van der Waals surface area contributed by atoms with Gasteiger partial charge >= 0.3 is 11.2 Å². The second-order valence-corrected chi connectivity index (χ2v) is 19.4. The number of nitrogens with zero attached hydrogens (tertiary/aromatic N) is 2. The molecule has 0 saturated carbocycles. The number of ether oxygens (including phenoxy) is 8. The van der Waals surface area contributed by atoms with Gasteiger partial charge in [0.1, 0.15) is 29.7 Å². The number of rotatable bonds is 10. The maximum Gasteiger partial charge on any atom is 0.358 e. The molecule has 0 amide bonds. The number of cyclic esters (lactones) is 1. The maximum absolute atomic E-state index is 14.5. The minimum absolute atomic E-state index is 0.0645. The molecule has 15 nitrogen and oxygen atoms in total. The molecule has 16 heteroatoms. The minimum Gasteiger partial charge on any atom is -0.459 e. The van der Waals surface area contributed by atoms with Crippen LogP contribution in [0.3, 0.4) is 0 Å². The van der Waals surface area contributed by atoms with Gasteiger partial charge in [0.15, 0.2) is 18.7 Å². The fourth-order valence-electron chi connectivity index (χ4n) is 9.63. The van der Waals surface area contributed by atoms with Crippen LogP contribution in [0.25, 0.3) is 0 Å². The molecule has 4 rings (SSSR count). The lowest BCUT2D eigenvalue weighted by atomic mass is 9.77. The number of aliphatic hydroxyl groups is 4. The van der Waals surface area contributed by atoms with Crippen LogP contribution >= 0.6 is 12.2 Å². The molecule has 3 aliphatic heterocycles. The summed E-state index contributed by atoms with van der Waals surface area (Å²) in [6.45, 7) is 18.5. The summed E-state index contributed by atoms with van der Waals surface area (Å²) in [6.07, 6.45) is -8.41. The number of hydrogen-bond acceptors (Lipinski definition) is 16. The predicted octanol–water partition coefficient (Wildman–Crippen LogP) is 4.53. The standard InChI is InChI=1S/C46H78N2O13S/c1-15-35-46(10,53)40(50)29(6)48(13)24-25(2)21-33(30(7)49)38(27(4)37(28(5)42(52)58-35)59-36-23-45(9,54-14)41(51)31(8)56-36)60-43-39(34(47(11)12)22-26(3)55-43)61-44(62)57-32-19-17-16-18-20-32/h16-20,25-31,33-41,43,49-51,53H,15,21-24H2,1-14H3/t25-,26-,27+,28-,29-,30-,31+,33?,34+,35-,36+,37+,38-,39-,40-,41+,43+,45-,46-/m1/s1. The van der Waals surface area contributed by atoms with Crippen molar-refractivity contribution in [3.63, 3.8) is 0 Å². The quantitative estimate of drug-likeness (QED) is 0.190. The molecule has 1 aromatic carbocycles. The van der Waals surface area contributed by atoms with Crippen LogP contribution in [0.15, 0.2) is 30.3 Å². The Morgan fingerprint density at radius 1 is 0.984 bits per heavy atom. The van der Waals surface area contributed by atoms with Crippen molar-refractivity contribution in [3.05, 3.63) is 30.3 Å². The number of para-hydroxylation sites is 1. The van der Waals surface area contributed by atoms with Gasteiger partial charge < -0.3 is 68.1 Å². The van der Waals surface area contributed by atoms with E-state index in [0.29, 0.717) is 25.1 Å². The number of esters is 1. The van der Waals surface area contributed by atoms with Crippen LogP contribution in [0.2, 0.25) is 0 Å². The van der Waals surface area contributed by atoms with E-state index in [1.807, 2.05) is 69.9 Å². The normalized spacial score (nSPS) is 42.6. The number of thiocarbonyl (C=S) groups is 1. The summed E-state index contributed by atoms with van der Waals surface area (Å²) in [6, 6.07) is 8.33. The molecule has 4 N–H and O–H groups in total. The van der Waals surface area contributed by atoms with E-state index in [-0.39, 0.29) is 36.1 Å². The summed E-state index contributed by atoms with van der Waals surface area (Å²) >= 11 is 5.66. The van der Waals surface area contributed by atoms with Crippen LogP contribution in [0.1, 0.15) is 94.9 Å². The van der Waals surface area contributed by atoms with Crippen molar-refractivity contribution in [1.82, 2.24) is 9.80 Å². The van der Waals surface area contributed by atoms with E-state index in [0.717, 1.165) is 0 Å². The van der Waals surface area contributed by atoms with E-state index >= 15 is 0 Å². The van der Waals surface area contributed by atoms with Gasteiger partial charge in [0, 0.05) is 50.2 Å². The summed E-state index contributed by atoms with van der Waals surface area (Å²) in [5, 5.41) is 46.4. The molecule has 0 spiro atoms. The Bertz CT molecular complexity index is 1560. The third-order valence-corrected chi connectivity index (χ3v) is 13.9. The number of carbonyl (C=O) groups is 1. The first-order valence-electron chi connectivity index (χ1n) is 22.4. The second-order valence-electron chi connectivity index (χ2n) is 19.0. The summed E-state index contributed by atoms with van der Waals surface area (Å²) in [5.41, 5.74) is -2.85. The molecule has 62 heavy (non-hydrogen) atoms. The lowest BCUT2D eigenvalue weighted by Crippen LogP contribution is -2.60. The molecular weight excluding hydrogens is 821 g/mol. The Hall–Kier alpha value is -2.06. The van der Waals surface area contributed by atoms with Crippen LogP contribution in [0.5, 0.6) is 5.75 Å². The van der Waals surface area contributed by atoms with Gasteiger partial charge in [-0.3, -0.25) is 4.79 Å². The highest BCUT2D eigenvalue weighted by atomic mass is 32.1. The number of methoxy groups -OCH3 is 1. The Balaban J connectivity index is 1.87. The lowest BCUT2D eigenvalue weighted by Gasteiger charge is -2.48. The monoisotopic (exact) mass is 899 g/mol. The summed E-state index contributed by atoms with van der Waals surface area (Å²) < 4.78 is 51.4. The fraction of sp³-hybridized carbons (Fsp3) is 0.826. The Labute approximate surface area is 375 Å². The average Bonchev–Trinajstić information content (AvgIpc) is 3.21. The molecule has 3 fully saturated rings. The van der Waals surface area contributed by atoms with Crippen LogP contribution in [0, 0.1) is 23.7 Å². The van der Waals surface area contributed by atoms with Crippen LogP contribution < -0.4 is 4.74 Å². The maximum atomic E-state index is 14.5. The van der Waals surface area contributed by atoms with Gasteiger partial charge in [-0.05, 0) is 107 Å². The van der Waals surface area contributed by atoms with Crippen molar-refractivity contribution in [2.45, 2.75) is 186 Å². The van der Waals surface area contributed by atoms with Gasteiger partial charge in [0.05, 0.1) is 48.1 Å². The molecular formula is C46H78N2O13S. The highest BCUT2D eigenvalue weighted by Crippen LogP contribution is 2.40. The largest absolute Gasteiger partial charge is 0.459 e. The predicted molar refractivity (Wildman–Crippen MR) is 237 cm³/mol. The molecule has 0 bridgehead atoms. The van der Waals surface area contributed by atoms with E-state index in [9.17, 15) is 25.2 Å². The molecule has 19 atom stereocenters. The van der Waals surface area contributed by atoms with Crippen LogP contribution in [-0.4, -0.2) is 167 Å². The zero-order valence-corrected chi connectivity index (χ0v) is 40.3. The first kappa shape index (κ1) is 52.6. The van der Waals surface area contributed by atoms with E-state index in [2.05, 4.69) is 6.92 Å². The highest BCUT2D eigenvalue weighted by Gasteiger charge is 2.52. The zero-order valence-electron chi connectivity index (χ0n) is 39.5. The number of likely N-dealkylation sites (N-methyl/N-ethyl adjacent to an activating group) is 2. The molecule has 3 aliphatic rings. The number of hydrogen-bond donors (Lipinski definition) is 4. The van der Waals surface area contributed by atoms with Gasteiger partial charge in [-0.15, -0.1) is 0 Å². The summed E-state index contributed by atoms with van der Waals surface area (Å²) in [5.74, 6) is -2.47. The smallest absolute Gasteiger partial charge is 0.358 e. The number of benzene rings is 1. The van der Waals surface area contributed by atoms with E-state index < -0.39 is 102 Å². The molecule has 3 saturated heterocycles. The van der Waals surface area contributed by atoms with E-state index in [1.165, 1.54) is 14.0 Å². The first-order chi connectivity index (χ1) is 28.9. The van der Waals surface area contributed by atoms with Crippen molar-refractivity contribution in [1.29, 1.82) is 0 Å². The summed E-state index contributed by atoms with van der Waals surface area (Å²) in [4.78, 5) is 18.5. The summed E-state index contributed by atoms with van der Waals surface area (Å²) in [7, 11) is 7.30. The molecule has 0 aliphatic carbocycles. The van der Waals surface area contributed by atoms with Crippen molar-refractivity contribution >= 4 is 23.4 Å². The molecule has 1 aromatic rings. The Morgan fingerprint density at radius 3 is 2.21 bits per heavy atom. The van der Waals surface area contributed by atoms with Crippen LogP contribution in [-0.2, 0) is 38.0 Å². The van der Waals surface area contributed by atoms with E-state index in [1.54, 1.807) is 46.8 Å². The minimum atomic E-state index is -1.81. The third-order valence-electron chi connectivity index (χ3n) is 13.8. The molecule has 0 radical (unpaired) electrons. The van der Waals surface area contributed by atoms with Crippen LogP contribution in [0.4, 0.5) is 0 Å². The van der Waals surface area contributed by atoms with Crippen molar-refractivity contribution in [2.24, 2.45) is 23.7 Å². The van der Waals surface area contributed by atoms with Crippen molar-refractivity contribution < 1.29 is 63.1 Å². The first-order valence-corrected chi connectivity index (χ1v) is 22.8. The molecule has 356 valence electrons. The SMILES string of the molecule is CC[C@H]1OC(=O)[C@H](C)[C@@H](O[C@H]2C[C@@](C)(OC)[C@@H](O)[C@H](C)O2)[C@H](C)[C@@H](O[C@@H]2O[C@H](C)C[C@H](N(C)C)[C@H]2OC(=S)Oc2ccccc2)C([C@@H](C)O)C[C@@H](C)CN(C)[C@H](C)[C@@H](O)[C@]1(C)O. The molecule has 3 heterocycles. The Morgan fingerprint density at radius 2 is 1.63 bits per heavy atom. The van der Waals surface area contributed by atoms with Gasteiger partial charge in [-0.1, -0.05) is 39.0 Å².